The van der Waals surface area contributed by atoms with Crippen LogP contribution in [0.1, 0.15) is 22.9 Å². The first-order chi connectivity index (χ1) is 11.8. The maximum atomic E-state index is 10.5. The van der Waals surface area contributed by atoms with Crippen molar-refractivity contribution in [2.24, 2.45) is 0 Å². The number of aromatic nitrogens is 2. The van der Waals surface area contributed by atoms with Gasteiger partial charge in [-0.1, -0.05) is 72.4 Å². The number of rotatable bonds is 7. The summed E-state index contributed by atoms with van der Waals surface area (Å²) in [7, 11) is 0. The number of imidazole rings is 1. The molecule has 1 heterocycles. The third kappa shape index (κ3) is 4.06. The fraction of sp³-hybridized carbons (Fsp3) is 0.211. The van der Waals surface area contributed by atoms with Crippen LogP contribution in [-0.4, -0.2) is 19.8 Å². The zero-order valence-electron chi connectivity index (χ0n) is 13.2. The summed E-state index contributed by atoms with van der Waals surface area (Å²) in [6, 6.07) is 19.7. The molecule has 0 saturated heterocycles. The third-order valence-corrected chi connectivity index (χ3v) is 4.88. The van der Waals surface area contributed by atoms with Gasteiger partial charge < -0.3 is 14.8 Å². The Bertz CT molecular complexity index is 760. The lowest BCUT2D eigenvalue weighted by molar-refractivity contribution is 0.148. The third-order valence-electron chi connectivity index (χ3n) is 3.81. The van der Waals surface area contributed by atoms with E-state index in [1.165, 1.54) is 5.56 Å². The second-order valence-corrected chi connectivity index (χ2v) is 6.44. The average Bonchev–Trinajstić information content (AvgIpc) is 3.03. The zero-order chi connectivity index (χ0) is 16.8. The average molecular weight is 340 g/mol. The van der Waals surface area contributed by atoms with E-state index in [1.807, 2.05) is 53.1 Å². The molecule has 3 rings (SSSR count). The Morgan fingerprint density at radius 3 is 2.33 bits per heavy atom. The molecule has 1 aromatic heterocycles. The number of hydrogen-bond donors (Lipinski definition) is 2. The highest BCUT2D eigenvalue weighted by atomic mass is 32.2. The maximum absolute atomic E-state index is 10.5. The SMILES string of the molecule is OCc1cnc(SCc2ccccc2)n1C[C@H](O)c1ccccc1. The number of aliphatic hydroxyl groups is 2. The molecule has 0 unspecified atom stereocenters. The highest BCUT2D eigenvalue weighted by Crippen LogP contribution is 2.25. The molecule has 2 aromatic carbocycles. The molecule has 3 aromatic rings. The molecule has 0 aliphatic rings. The van der Waals surface area contributed by atoms with Gasteiger partial charge in [-0.2, -0.15) is 0 Å². The van der Waals surface area contributed by atoms with Gasteiger partial charge in [0.2, 0.25) is 0 Å². The van der Waals surface area contributed by atoms with Crippen molar-refractivity contribution in [1.29, 1.82) is 0 Å². The van der Waals surface area contributed by atoms with Crippen LogP contribution in [0.15, 0.2) is 72.0 Å². The topological polar surface area (TPSA) is 58.3 Å². The van der Waals surface area contributed by atoms with Crippen molar-refractivity contribution in [3.8, 4) is 0 Å². The van der Waals surface area contributed by atoms with E-state index in [-0.39, 0.29) is 6.61 Å². The summed E-state index contributed by atoms with van der Waals surface area (Å²) in [5, 5.41) is 20.8. The van der Waals surface area contributed by atoms with E-state index < -0.39 is 6.10 Å². The standard InChI is InChI=1S/C19H20N2O2S/c22-13-17-11-20-19(24-14-15-7-3-1-4-8-15)21(17)12-18(23)16-9-5-2-6-10-16/h1-11,18,22-23H,12-14H2/t18-/m0/s1. The number of nitrogens with zero attached hydrogens (tertiary/aromatic N) is 2. The molecule has 0 amide bonds. The minimum Gasteiger partial charge on any atom is -0.390 e. The minimum atomic E-state index is -0.637. The van der Waals surface area contributed by atoms with E-state index in [4.69, 9.17) is 0 Å². The molecule has 1 atom stereocenters. The second-order valence-electron chi connectivity index (χ2n) is 5.50. The Morgan fingerprint density at radius 1 is 1.00 bits per heavy atom. The van der Waals surface area contributed by atoms with Crippen molar-refractivity contribution in [3.05, 3.63) is 83.7 Å². The van der Waals surface area contributed by atoms with Crippen LogP contribution in [0.3, 0.4) is 0 Å². The van der Waals surface area contributed by atoms with Gasteiger partial charge in [0.15, 0.2) is 5.16 Å². The van der Waals surface area contributed by atoms with Gasteiger partial charge in [-0.05, 0) is 11.1 Å². The summed E-state index contributed by atoms with van der Waals surface area (Å²) < 4.78 is 1.89. The van der Waals surface area contributed by atoms with E-state index in [1.54, 1.807) is 18.0 Å². The van der Waals surface area contributed by atoms with Gasteiger partial charge in [-0.3, -0.25) is 0 Å². The van der Waals surface area contributed by atoms with E-state index in [0.717, 1.165) is 16.5 Å². The van der Waals surface area contributed by atoms with Crippen molar-refractivity contribution in [3.63, 3.8) is 0 Å². The first-order valence-electron chi connectivity index (χ1n) is 7.83. The molecule has 0 bridgehead atoms. The lowest BCUT2D eigenvalue weighted by Crippen LogP contribution is -2.12. The molecule has 0 aliphatic heterocycles. The van der Waals surface area contributed by atoms with Crippen LogP contribution >= 0.6 is 11.8 Å². The van der Waals surface area contributed by atoms with E-state index >= 15 is 0 Å². The van der Waals surface area contributed by atoms with Gasteiger partial charge in [0, 0.05) is 5.75 Å². The van der Waals surface area contributed by atoms with Crippen molar-refractivity contribution >= 4 is 11.8 Å². The normalized spacial score (nSPS) is 12.2. The maximum Gasteiger partial charge on any atom is 0.168 e. The minimum absolute atomic E-state index is 0.0968. The Balaban J connectivity index is 1.75. The first-order valence-corrected chi connectivity index (χ1v) is 8.81. The predicted octanol–water partition coefficient (Wildman–Crippen LogP) is 3.40. The van der Waals surface area contributed by atoms with Crippen LogP contribution in [0.4, 0.5) is 0 Å². The van der Waals surface area contributed by atoms with E-state index in [0.29, 0.717) is 12.2 Å². The molecular formula is C19H20N2O2S. The number of hydrogen-bond acceptors (Lipinski definition) is 4. The quantitative estimate of drug-likeness (QED) is 0.647. The largest absolute Gasteiger partial charge is 0.390 e. The summed E-state index contributed by atoms with van der Waals surface area (Å²) >= 11 is 1.60. The van der Waals surface area contributed by atoms with Gasteiger partial charge in [-0.25, -0.2) is 4.98 Å². The van der Waals surface area contributed by atoms with Gasteiger partial charge in [-0.15, -0.1) is 0 Å². The Hall–Kier alpha value is -2.08. The summed E-state index contributed by atoms with van der Waals surface area (Å²) in [5.74, 6) is 0.796. The molecule has 0 aliphatic carbocycles. The van der Waals surface area contributed by atoms with Crippen LogP contribution in [0.2, 0.25) is 0 Å². The molecule has 0 saturated carbocycles. The summed E-state index contributed by atoms with van der Waals surface area (Å²) in [6.07, 6.45) is 1.03. The molecule has 24 heavy (non-hydrogen) atoms. The Kier molecular flexibility index (Phi) is 5.69. The second kappa shape index (κ2) is 8.15. The number of thioether (sulfide) groups is 1. The van der Waals surface area contributed by atoms with E-state index in [9.17, 15) is 10.2 Å². The molecule has 5 heteroatoms. The van der Waals surface area contributed by atoms with Crippen LogP contribution in [-0.2, 0) is 18.9 Å². The van der Waals surface area contributed by atoms with Crippen molar-refractivity contribution in [2.45, 2.75) is 30.2 Å². The lowest BCUT2D eigenvalue weighted by atomic mass is 10.1. The molecule has 0 fully saturated rings. The van der Waals surface area contributed by atoms with Crippen LogP contribution < -0.4 is 0 Å². The van der Waals surface area contributed by atoms with Crippen molar-refractivity contribution in [1.82, 2.24) is 9.55 Å². The molecule has 4 nitrogen and oxygen atoms in total. The van der Waals surface area contributed by atoms with Crippen LogP contribution in [0.25, 0.3) is 0 Å². The number of benzene rings is 2. The van der Waals surface area contributed by atoms with Crippen molar-refractivity contribution in [2.75, 3.05) is 0 Å². The fourth-order valence-corrected chi connectivity index (χ4v) is 3.47. The zero-order valence-corrected chi connectivity index (χ0v) is 14.1. The molecule has 0 spiro atoms. The lowest BCUT2D eigenvalue weighted by Gasteiger charge is -2.16. The Morgan fingerprint density at radius 2 is 1.67 bits per heavy atom. The Labute approximate surface area is 145 Å². The van der Waals surface area contributed by atoms with Gasteiger partial charge in [0.05, 0.1) is 31.1 Å². The van der Waals surface area contributed by atoms with Gasteiger partial charge in [0.1, 0.15) is 0 Å². The first kappa shape index (κ1) is 16.8. The number of aliphatic hydroxyl groups excluding tert-OH is 2. The molecular weight excluding hydrogens is 320 g/mol. The summed E-state index contributed by atoms with van der Waals surface area (Å²) in [4.78, 5) is 4.40. The fourth-order valence-electron chi connectivity index (χ4n) is 2.50. The van der Waals surface area contributed by atoms with Crippen molar-refractivity contribution < 1.29 is 10.2 Å². The van der Waals surface area contributed by atoms with Crippen LogP contribution in [0.5, 0.6) is 0 Å². The monoisotopic (exact) mass is 340 g/mol. The summed E-state index contributed by atoms with van der Waals surface area (Å²) in [5.41, 5.74) is 2.78. The van der Waals surface area contributed by atoms with Gasteiger partial charge >= 0.3 is 0 Å². The predicted molar refractivity (Wildman–Crippen MR) is 95.6 cm³/mol. The highest BCUT2D eigenvalue weighted by molar-refractivity contribution is 7.98. The molecule has 124 valence electrons. The summed E-state index contributed by atoms with van der Waals surface area (Å²) in [6.45, 7) is 0.275. The molecule has 0 radical (unpaired) electrons. The molecule has 2 N–H and O–H groups in total. The highest BCUT2D eigenvalue weighted by Gasteiger charge is 2.15. The van der Waals surface area contributed by atoms with E-state index in [2.05, 4.69) is 17.1 Å². The van der Waals surface area contributed by atoms with Crippen LogP contribution in [0, 0.1) is 0 Å². The smallest absolute Gasteiger partial charge is 0.168 e. The van der Waals surface area contributed by atoms with Gasteiger partial charge in [0.25, 0.3) is 0 Å².